The van der Waals surface area contributed by atoms with Crippen LogP contribution >= 0.6 is 0 Å². The molecule has 1 aliphatic heterocycles. The maximum atomic E-state index is 4.13. The number of nitrogens with zero attached hydrogens (tertiary/aromatic N) is 2. The van der Waals surface area contributed by atoms with Crippen molar-refractivity contribution in [3.05, 3.63) is 30.1 Å². The molecule has 2 rings (SSSR count). The molecule has 3 atom stereocenters. The average molecular weight is 289 g/mol. The minimum Gasteiger partial charge on any atom is -0.311 e. The van der Waals surface area contributed by atoms with Gasteiger partial charge in [-0.05, 0) is 29.0 Å². The van der Waals surface area contributed by atoms with Gasteiger partial charge in [-0.25, -0.2) is 0 Å². The molecular weight excluding hydrogens is 258 g/mol. The SMILES string of the molecule is CCC(C)C1CNC(C(C)(C)C)CN1Cc1ccncc1. The predicted molar refractivity (Wildman–Crippen MR) is 89.1 cm³/mol. The normalized spacial score (nSPS) is 25.8. The first kappa shape index (κ1) is 16.4. The Hall–Kier alpha value is -0.930. The van der Waals surface area contributed by atoms with Crippen molar-refractivity contribution < 1.29 is 0 Å². The highest BCUT2D eigenvalue weighted by molar-refractivity contribution is 5.10. The Balaban J connectivity index is 2.13. The first-order chi connectivity index (χ1) is 9.91. The zero-order valence-electron chi connectivity index (χ0n) is 14.3. The Kier molecular flexibility index (Phi) is 5.39. The molecule has 0 saturated carbocycles. The second-order valence-electron chi connectivity index (χ2n) is 7.56. The van der Waals surface area contributed by atoms with Gasteiger partial charge in [0.05, 0.1) is 0 Å². The van der Waals surface area contributed by atoms with Crippen LogP contribution in [0.5, 0.6) is 0 Å². The molecule has 0 amide bonds. The van der Waals surface area contributed by atoms with E-state index in [0.717, 1.165) is 25.6 Å². The van der Waals surface area contributed by atoms with E-state index in [0.29, 0.717) is 17.5 Å². The lowest BCUT2D eigenvalue weighted by Gasteiger charge is -2.47. The molecule has 1 fully saturated rings. The molecule has 0 radical (unpaired) electrons. The molecule has 118 valence electrons. The molecule has 1 aromatic heterocycles. The molecule has 0 aromatic carbocycles. The molecule has 3 nitrogen and oxygen atoms in total. The van der Waals surface area contributed by atoms with Gasteiger partial charge in [0.2, 0.25) is 0 Å². The Bertz CT molecular complexity index is 424. The van der Waals surface area contributed by atoms with Crippen molar-refractivity contribution in [1.29, 1.82) is 0 Å². The van der Waals surface area contributed by atoms with Gasteiger partial charge in [0.1, 0.15) is 0 Å². The number of nitrogens with one attached hydrogen (secondary N) is 1. The third kappa shape index (κ3) is 4.27. The van der Waals surface area contributed by atoms with Gasteiger partial charge in [-0.1, -0.05) is 41.0 Å². The lowest BCUT2D eigenvalue weighted by Crippen LogP contribution is -2.61. The van der Waals surface area contributed by atoms with Crippen molar-refractivity contribution in [2.45, 2.75) is 59.7 Å². The van der Waals surface area contributed by atoms with Gasteiger partial charge in [-0.3, -0.25) is 9.88 Å². The zero-order chi connectivity index (χ0) is 15.5. The zero-order valence-corrected chi connectivity index (χ0v) is 14.3. The van der Waals surface area contributed by atoms with Gasteiger partial charge < -0.3 is 5.32 Å². The molecule has 1 saturated heterocycles. The number of pyridine rings is 1. The minimum absolute atomic E-state index is 0.302. The van der Waals surface area contributed by atoms with Crippen molar-refractivity contribution in [3.8, 4) is 0 Å². The fraction of sp³-hybridized carbons (Fsp3) is 0.722. The van der Waals surface area contributed by atoms with Crippen LogP contribution in [0.25, 0.3) is 0 Å². The van der Waals surface area contributed by atoms with Crippen molar-refractivity contribution >= 4 is 0 Å². The van der Waals surface area contributed by atoms with Gasteiger partial charge in [0.15, 0.2) is 0 Å². The summed E-state index contributed by atoms with van der Waals surface area (Å²) in [6.07, 6.45) is 5.04. The first-order valence-electron chi connectivity index (χ1n) is 8.28. The van der Waals surface area contributed by atoms with Crippen LogP contribution in [0.2, 0.25) is 0 Å². The van der Waals surface area contributed by atoms with E-state index in [2.05, 4.69) is 62.0 Å². The molecule has 21 heavy (non-hydrogen) atoms. The summed E-state index contributed by atoms with van der Waals surface area (Å²) in [7, 11) is 0. The van der Waals surface area contributed by atoms with E-state index in [4.69, 9.17) is 0 Å². The molecule has 0 spiro atoms. The molecule has 1 N–H and O–H groups in total. The quantitative estimate of drug-likeness (QED) is 0.921. The molecular formula is C18H31N3. The first-order valence-corrected chi connectivity index (χ1v) is 8.28. The summed E-state index contributed by atoms with van der Waals surface area (Å²) in [6.45, 7) is 14.9. The summed E-state index contributed by atoms with van der Waals surface area (Å²) in [6, 6.07) is 5.46. The maximum absolute atomic E-state index is 4.13. The third-order valence-corrected chi connectivity index (χ3v) is 4.94. The summed E-state index contributed by atoms with van der Waals surface area (Å²) in [5, 5.41) is 3.79. The molecule has 3 heteroatoms. The van der Waals surface area contributed by atoms with E-state index >= 15 is 0 Å². The second kappa shape index (κ2) is 6.89. The molecule has 0 bridgehead atoms. The average Bonchev–Trinajstić information content (AvgIpc) is 2.46. The molecule has 1 aliphatic rings. The topological polar surface area (TPSA) is 28.2 Å². The van der Waals surface area contributed by atoms with Crippen LogP contribution in [0.1, 0.15) is 46.6 Å². The van der Waals surface area contributed by atoms with Crippen LogP contribution in [-0.4, -0.2) is 35.1 Å². The smallest absolute Gasteiger partial charge is 0.0271 e. The summed E-state index contributed by atoms with van der Waals surface area (Å²) in [5.74, 6) is 0.722. The lowest BCUT2D eigenvalue weighted by molar-refractivity contribution is 0.0522. The van der Waals surface area contributed by atoms with Crippen molar-refractivity contribution in [2.75, 3.05) is 13.1 Å². The summed E-state index contributed by atoms with van der Waals surface area (Å²) < 4.78 is 0. The molecule has 1 aromatic rings. The summed E-state index contributed by atoms with van der Waals surface area (Å²) >= 11 is 0. The van der Waals surface area contributed by atoms with E-state index in [1.807, 2.05) is 12.4 Å². The lowest BCUT2D eigenvalue weighted by atomic mass is 9.83. The van der Waals surface area contributed by atoms with Gasteiger partial charge in [-0.2, -0.15) is 0 Å². The van der Waals surface area contributed by atoms with Crippen LogP contribution in [0.3, 0.4) is 0 Å². The largest absolute Gasteiger partial charge is 0.311 e. The Morgan fingerprint density at radius 1 is 1.33 bits per heavy atom. The van der Waals surface area contributed by atoms with E-state index < -0.39 is 0 Å². The van der Waals surface area contributed by atoms with Crippen LogP contribution in [0.4, 0.5) is 0 Å². The van der Waals surface area contributed by atoms with Crippen LogP contribution in [0.15, 0.2) is 24.5 Å². The number of aromatic nitrogens is 1. The highest BCUT2D eigenvalue weighted by Gasteiger charge is 2.35. The van der Waals surface area contributed by atoms with Crippen LogP contribution < -0.4 is 5.32 Å². The molecule has 0 aliphatic carbocycles. The van der Waals surface area contributed by atoms with Gasteiger partial charge in [-0.15, -0.1) is 0 Å². The number of hydrogen-bond donors (Lipinski definition) is 1. The highest BCUT2D eigenvalue weighted by atomic mass is 15.2. The van der Waals surface area contributed by atoms with E-state index in [9.17, 15) is 0 Å². The van der Waals surface area contributed by atoms with Gasteiger partial charge in [0.25, 0.3) is 0 Å². The fourth-order valence-corrected chi connectivity index (χ4v) is 3.14. The summed E-state index contributed by atoms with van der Waals surface area (Å²) in [5.41, 5.74) is 1.67. The third-order valence-electron chi connectivity index (χ3n) is 4.94. The standard InChI is InChI=1S/C18H31N3/c1-6-14(2)16-11-20-17(18(3,4)5)13-21(16)12-15-7-9-19-10-8-15/h7-10,14,16-17,20H,6,11-13H2,1-5H3. The van der Waals surface area contributed by atoms with Crippen LogP contribution in [-0.2, 0) is 6.54 Å². The van der Waals surface area contributed by atoms with E-state index in [1.54, 1.807) is 0 Å². The summed E-state index contributed by atoms with van der Waals surface area (Å²) in [4.78, 5) is 6.81. The van der Waals surface area contributed by atoms with E-state index in [-0.39, 0.29) is 0 Å². The number of rotatable bonds is 4. The highest BCUT2D eigenvalue weighted by Crippen LogP contribution is 2.27. The Morgan fingerprint density at radius 2 is 2.00 bits per heavy atom. The monoisotopic (exact) mass is 289 g/mol. The molecule has 3 unspecified atom stereocenters. The van der Waals surface area contributed by atoms with Crippen molar-refractivity contribution in [2.24, 2.45) is 11.3 Å². The number of piperazine rings is 1. The van der Waals surface area contributed by atoms with Crippen molar-refractivity contribution in [1.82, 2.24) is 15.2 Å². The Morgan fingerprint density at radius 3 is 2.57 bits per heavy atom. The second-order valence-corrected chi connectivity index (χ2v) is 7.56. The maximum Gasteiger partial charge on any atom is 0.0271 e. The van der Waals surface area contributed by atoms with Gasteiger partial charge >= 0.3 is 0 Å². The van der Waals surface area contributed by atoms with Crippen molar-refractivity contribution in [3.63, 3.8) is 0 Å². The molecule has 2 heterocycles. The minimum atomic E-state index is 0.302. The predicted octanol–water partition coefficient (Wildman–Crippen LogP) is 3.32. The van der Waals surface area contributed by atoms with Gasteiger partial charge in [0, 0.05) is 44.1 Å². The number of hydrogen-bond acceptors (Lipinski definition) is 3. The fourth-order valence-electron chi connectivity index (χ4n) is 3.14. The van der Waals surface area contributed by atoms with E-state index in [1.165, 1.54) is 12.0 Å². The van der Waals surface area contributed by atoms with Crippen LogP contribution in [0, 0.1) is 11.3 Å². The Labute approximate surface area is 130 Å².